The predicted molar refractivity (Wildman–Crippen MR) is 217 cm³/mol. The van der Waals surface area contributed by atoms with Crippen molar-refractivity contribution in [2.75, 3.05) is 38.2 Å². The minimum absolute atomic E-state index is 0.000823. The number of nitrogens with one attached hydrogen (secondary N) is 5. The fourth-order valence-electron chi connectivity index (χ4n) is 7.71. The molecule has 3 aliphatic rings. The number of aromatic hydroxyl groups is 1. The third-order valence-corrected chi connectivity index (χ3v) is 11.5. The Hall–Kier alpha value is -4.95. The molecule has 19 nitrogen and oxygen atoms in total. The summed E-state index contributed by atoms with van der Waals surface area (Å²) in [4.78, 5) is 109. The first-order valence-corrected chi connectivity index (χ1v) is 21.7. The smallest absolute Gasteiger partial charge is 0.326 e. The minimum Gasteiger partial charge on any atom is -0.508 e. The Bertz CT molecular complexity index is 1660. The molecule has 326 valence electrons. The maximum absolute atomic E-state index is 14.2. The summed E-state index contributed by atoms with van der Waals surface area (Å²) < 4.78 is 0. The molecule has 0 aromatic heterocycles. The minimum atomic E-state index is -1.42. The van der Waals surface area contributed by atoms with Gasteiger partial charge in [-0.3, -0.25) is 33.6 Å². The second kappa shape index (κ2) is 23.0. The number of unbranched alkanes of at least 4 members (excludes halogenated alkanes) is 1. The average molecular weight is 846 g/mol. The Kier molecular flexibility index (Phi) is 18.2. The third kappa shape index (κ3) is 13.5. The number of aliphatic carboxylic acids is 1. The van der Waals surface area contributed by atoms with E-state index in [-0.39, 0.29) is 56.9 Å². The van der Waals surface area contributed by atoms with Gasteiger partial charge in [0.05, 0.1) is 12.5 Å². The number of carboxylic acid groups (broad SMARTS) is 1. The zero-order valence-corrected chi connectivity index (χ0v) is 34.3. The summed E-state index contributed by atoms with van der Waals surface area (Å²) in [5.41, 5.74) is 11.7. The van der Waals surface area contributed by atoms with Crippen LogP contribution in [-0.2, 0) is 44.8 Å². The van der Waals surface area contributed by atoms with Crippen LogP contribution < -0.4 is 38.1 Å². The topological polar surface area (TPSA) is 296 Å². The lowest BCUT2D eigenvalue weighted by molar-refractivity contribution is -0.148. The van der Waals surface area contributed by atoms with Gasteiger partial charge in [-0.2, -0.15) is 11.8 Å². The number of likely N-dealkylation sites (tertiary alicyclic amines) is 2. The lowest BCUT2D eigenvalue weighted by Crippen LogP contribution is -2.59. The molecule has 0 unspecified atom stereocenters. The lowest BCUT2D eigenvalue weighted by Gasteiger charge is -2.33. The van der Waals surface area contributed by atoms with E-state index in [0.29, 0.717) is 56.5 Å². The summed E-state index contributed by atoms with van der Waals surface area (Å²) in [6.07, 6.45) is 5.49. The van der Waals surface area contributed by atoms with Crippen LogP contribution in [0.25, 0.3) is 0 Å². The van der Waals surface area contributed by atoms with Crippen LogP contribution in [-0.4, -0.2) is 148 Å². The van der Waals surface area contributed by atoms with Crippen LogP contribution in [0.5, 0.6) is 5.75 Å². The molecule has 7 amide bonds. The number of carbonyl (C=O) groups excluding carboxylic acids is 7. The number of nitrogens with zero attached hydrogens (tertiary/aromatic N) is 2. The van der Waals surface area contributed by atoms with Crippen molar-refractivity contribution in [2.45, 2.75) is 119 Å². The summed E-state index contributed by atoms with van der Waals surface area (Å²) in [6, 6.07) is -1.45. The van der Waals surface area contributed by atoms with Gasteiger partial charge in [-0.05, 0) is 107 Å². The molecule has 0 spiro atoms. The molecule has 0 bridgehead atoms. The number of rotatable bonds is 22. The molecular weight excluding hydrogens is 787 g/mol. The Balaban J connectivity index is 1.45. The Morgan fingerprint density at radius 1 is 0.797 bits per heavy atom. The van der Waals surface area contributed by atoms with Gasteiger partial charge in [0.1, 0.15) is 42.0 Å². The van der Waals surface area contributed by atoms with Gasteiger partial charge in [0.15, 0.2) is 0 Å². The number of nitrogens with two attached hydrogens (primary N) is 2. The maximum atomic E-state index is 14.2. The van der Waals surface area contributed by atoms with Crippen LogP contribution >= 0.6 is 11.8 Å². The second-order valence-electron chi connectivity index (χ2n) is 15.2. The fourth-order valence-corrected chi connectivity index (χ4v) is 8.18. The lowest BCUT2D eigenvalue weighted by atomic mass is 10.0. The van der Waals surface area contributed by atoms with Gasteiger partial charge in [0.2, 0.25) is 41.4 Å². The number of thioether (sulfide) groups is 1. The molecule has 59 heavy (non-hydrogen) atoms. The number of phenolic OH excluding ortho intramolecular Hbond substituents is 1. The van der Waals surface area contributed by atoms with Gasteiger partial charge in [0, 0.05) is 19.5 Å². The molecule has 4 rings (SSSR count). The summed E-state index contributed by atoms with van der Waals surface area (Å²) in [7, 11) is 0. The highest BCUT2D eigenvalue weighted by molar-refractivity contribution is 7.98. The van der Waals surface area contributed by atoms with Gasteiger partial charge in [-0.15, -0.1) is 0 Å². The number of hydrogen-bond acceptors (Lipinski definition) is 12. The molecule has 0 aliphatic carbocycles. The van der Waals surface area contributed by atoms with Gasteiger partial charge >= 0.3 is 5.97 Å². The SMILES string of the molecule is CSCC[C@H](NC(=O)[C@@H]1CCCN1)C(=O)N[C@@H](CC(N)=O)C(=O)N1CCC[C@H]1C(=O)N1CCC[C@H]1C(=O)N[C@@H](CCCCN)C(=O)N[C@@H](Cc1ccc(O)cc1)C(=O)O. The van der Waals surface area contributed by atoms with Gasteiger partial charge in [-0.1, -0.05) is 12.1 Å². The highest BCUT2D eigenvalue weighted by atomic mass is 32.2. The zero-order valence-electron chi connectivity index (χ0n) is 33.5. The molecule has 11 N–H and O–H groups in total. The molecule has 0 radical (unpaired) electrons. The number of carboxylic acids is 1. The van der Waals surface area contributed by atoms with Crippen LogP contribution in [0.4, 0.5) is 0 Å². The predicted octanol–water partition coefficient (Wildman–Crippen LogP) is -1.55. The zero-order chi connectivity index (χ0) is 43.1. The van der Waals surface area contributed by atoms with Crippen LogP contribution in [0.15, 0.2) is 24.3 Å². The number of carbonyl (C=O) groups is 8. The van der Waals surface area contributed by atoms with Crippen LogP contribution in [0.3, 0.4) is 0 Å². The van der Waals surface area contributed by atoms with Crippen molar-refractivity contribution in [2.24, 2.45) is 11.5 Å². The van der Waals surface area contributed by atoms with E-state index >= 15 is 0 Å². The van der Waals surface area contributed by atoms with E-state index in [1.807, 2.05) is 6.26 Å². The first-order chi connectivity index (χ1) is 28.2. The van der Waals surface area contributed by atoms with Crippen molar-refractivity contribution in [3.63, 3.8) is 0 Å². The second-order valence-corrected chi connectivity index (χ2v) is 16.2. The molecule has 7 atom stereocenters. The molecule has 1 aromatic carbocycles. The number of hydrogen-bond donors (Lipinski definition) is 9. The van der Waals surface area contributed by atoms with E-state index in [2.05, 4.69) is 26.6 Å². The molecule has 3 fully saturated rings. The van der Waals surface area contributed by atoms with E-state index in [0.717, 1.165) is 6.42 Å². The summed E-state index contributed by atoms with van der Waals surface area (Å²) in [6.45, 7) is 1.35. The van der Waals surface area contributed by atoms with Crippen molar-refractivity contribution < 1.29 is 48.6 Å². The molecule has 3 aliphatic heterocycles. The maximum Gasteiger partial charge on any atom is 0.326 e. The van der Waals surface area contributed by atoms with Crippen LogP contribution in [0.2, 0.25) is 0 Å². The quantitative estimate of drug-likeness (QED) is 0.0599. The van der Waals surface area contributed by atoms with Crippen LogP contribution in [0.1, 0.15) is 76.2 Å². The highest BCUT2D eigenvalue weighted by Crippen LogP contribution is 2.26. The first kappa shape index (κ1) is 46.7. The summed E-state index contributed by atoms with van der Waals surface area (Å²) >= 11 is 1.47. The van der Waals surface area contributed by atoms with E-state index in [1.54, 1.807) is 0 Å². The van der Waals surface area contributed by atoms with Crippen molar-refractivity contribution in [3.05, 3.63) is 29.8 Å². The van der Waals surface area contributed by atoms with Gasteiger partial charge in [-0.25, -0.2) is 4.79 Å². The summed E-state index contributed by atoms with van der Waals surface area (Å²) in [5, 5.41) is 33.2. The van der Waals surface area contributed by atoms with E-state index < -0.39 is 90.1 Å². The normalized spacial score (nSPS) is 20.9. The fraction of sp³-hybridized carbons (Fsp3) is 0.641. The Labute approximate surface area is 347 Å². The molecule has 3 heterocycles. The number of amides is 7. The largest absolute Gasteiger partial charge is 0.508 e. The highest BCUT2D eigenvalue weighted by Gasteiger charge is 2.44. The summed E-state index contributed by atoms with van der Waals surface area (Å²) in [5.74, 6) is -5.17. The van der Waals surface area contributed by atoms with Crippen molar-refractivity contribution in [1.82, 2.24) is 36.4 Å². The molecule has 3 saturated heterocycles. The Morgan fingerprint density at radius 2 is 1.42 bits per heavy atom. The Morgan fingerprint density at radius 3 is 2.03 bits per heavy atom. The third-order valence-electron chi connectivity index (χ3n) is 10.9. The van der Waals surface area contributed by atoms with E-state index in [1.165, 1.54) is 45.8 Å². The van der Waals surface area contributed by atoms with Gasteiger partial charge in [0.25, 0.3) is 0 Å². The first-order valence-electron chi connectivity index (χ1n) is 20.3. The molecule has 20 heteroatoms. The van der Waals surface area contributed by atoms with Crippen molar-refractivity contribution in [3.8, 4) is 5.75 Å². The van der Waals surface area contributed by atoms with Gasteiger partial charge < -0.3 is 58.1 Å². The molecule has 1 aromatic rings. The monoisotopic (exact) mass is 845 g/mol. The van der Waals surface area contributed by atoms with E-state index in [9.17, 15) is 48.6 Å². The van der Waals surface area contributed by atoms with Crippen molar-refractivity contribution >= 4 is 59.1 Å². The standard InChI is InChI=1S/C39H59N9O10S/c1-59-20-15-27(43-33(51)25-8-4-17-42-25)35(53)45-28(22-32(41)50)37(55)48-19-6-10-31(48)38(56)47-18-5-9-30(47)36(54)44-26(7-2-3-16-40)34(52)46-29(39(57)58)21-23-11-13-24(49)14-12-23/h11-14,25-31,42,49H,2-10,15-22,40H2,1H3,(H2,41,50)(H,43,51)(H,44,54)(H,45,53)(H,46,52)(H,57,58)/t25-,26-,27-,28-,29-,30-,31-/m0/s1. The van der Waals surface area contributed by atoms with Crippen LogP contribution in [0, 0.1) is 0 Å². The molecular formula is C39H59N9O10S. The average Bonchev–Trinajstić information content (AvgIpc) is 4.02. The number of benzene rings is 1. The number of phenols is 1. The van der Waals surface area contributed by atoms with Crippen molar-refractivity contribution in [1.29, 1.82) is 0 Å². The molecule has 0 saturated carbocycles. The number of primary amides is 1. The van der Waals surface area contributed by atoms with E-state index in [4.69, 9.17) is 11.5 Å².